The van der Waals surface area contributed by atoms with Gasteiger partial charge in [0.2, 0.25) is 0 Å². The lowest BCUT2D eigenvalue weighted by Gasteiger charge is -2.14. The average Bonchev–Trinajstić information content (AvgIpc) is 2.77. The highest BCUT2D eigenvalue weighted by molar-refractivity contribution is 5.03. The van der Waals surface area contributed by atoms with Crippen LogP contribution in [0.2, 0.25) is 0 Å². The molecule has 1 saturated carbocycles. The summed E-state index contributed by atoms with van der Waals surface area (Å²) in [4.78, 5) is 13.7. The molecule has 2 heterocycles. The summed E-state index contributed by atoms with van der Waals surface area (Å²) < 4.78 is 0. The molecular formula is C9H14N4O. The monoisotopic (exact) mass is 194 g/mol. The minimum Gasteiger partial charge on any atom is -0.307 e. The van der Waals surface area contributed by atoms with Gasteiger partial charge in [0.25, 0.3) is 0 Å². The predicted octanol–water partition coefficient (Wildman–Crippen LogP) is 0.159. The highest BCUT2D eigenvalue weighted by atomic mass is 16.1. The minimum absolute atomic E-state index is 0.205. The second-order valence-corrected chi connectivity index (χ2v) is 4.30. The molecule has 0 spiro atoms. The maximum Gasteiger partial charge on any atom is 0.340 e. The van der Waals surface area contributed by atoms with E-state index >= 15 is 0 Å². The summed E-state index contributed by atoms with van der Waals surface area (Å²) in [7, 11) is 0. The van der Waals surface area contributed by atoms with Gasteiger partial charge in [0.15, 0.2) is 0 Å². The molecule has 3 N–H and O–H groups in total. The second-order valence-electron chi connectivity index (χ2n) is 4.30. The smallest absolute Gasteiger partial charge is 0.307 e. The number of aromatic nitrogens is 3. The van der Waals surface area contributed by atoms with E-state index in [9.17, 15) is 4.79 Å². The Morgan fingerprint density at radius 2 is 2.29 bits per heavy atom. The molecule has 3 rings (SSSR count). The van der Waals surface area contributed by atoms with E-state index < -0.39 is 0 Å². The predicted molar refractivity (Wildman–Crippen MR) is 50.8 cm³/mol. The van der Waals surface area contributed by atoms with Gasteiger partial charge in [0, 0.05) is 0 Å². The van der Waals surface area contributed by atoms with E-state index in [1.165, 1.54) is 19.3 Å². The molecule has 0 bridgehead atoms. The molecular weight excluding hydrogens is 180 g/mol. The van der Waals surface area contributed by atoms with E-state index in [2.05, 4.69) is 20.5 Å². The van der Waals surface area contributed by atoms with E-state index in [-0.39, 0.29) is 11.7 Å². The van der Waals surface area contributed by atoms with Crippen LogP contribution in [-0.4, -0.2) is 21.7 Å². The van der Waals surface area contributed by atoms with Gasteiger partial charge in [0.1, 0.15) is 5.82 Å². The Morgan fingerprint density at radius 1 is 1.36 bits per heavy atom. The maximum absolute atomic E-state index is 10.9. The number of aromatic amines is 2. The lowest BCUT2D eigenvalue weighted by molar-refractivity contribution is 0.408. The Bertz CT molecular complexity index is 382. The summed E-state index contributed by atoms with van der Waals surface area (Å²) >= 11 is 0. The Morgan fingerprint density at radius 3 is 3.07 bits per heavy atom. The van der Waals surface area contributed by atoms with E-state index in [1.54, 1.807) is 0 Å². The van der Waals surface area contributed by atoms with Crippen molar-refractivity contribution in [2.75, 3.05) is 6.54 Å². The maximum atomic E-state index is 10.9. The third-order valence-corrected chi connectivity index (χ3v) is 3.56. The number of H-pyrrole nitrogens is 2. The number of hydrogen-bond donors (Lipinski definition) is 3. The first-order valence-corrected chi connectivity index (χ1v) is 5.22. The standard InChI is InChI=1S/C9H14N4O/c14-9-11-8(12-13-9)7-6-3-1-2-5(6)4-10-7/h5-7,10H,1-4H2,(H2,11,12,13,14). The fraction of sp³-hybridized carbons (Fsp3) is 0.778. The van der Waals surface area contributed by atoms with Crippen molar-refractivity contribution in [2.24, 2.45) is 11.8 Å². The van der Waals surface area contributed by atoms with Crippen molar-refractivity contribution >= 4 is 0 Å². The summed E-state index contributed by atoms with van der Waals surface area (Å²) in [6, 6.07) is 0.265. The number of nitrogens with one attached hydrogen (secondary N) is 3. The van der Waals surface area contributed by atoms with Gasteiger partial charge in [-0.15, -0.1) is 0 Å². The number of hydrogen-bond acceptors (Lipinski definition) is 3. The van der Waals surface area contributed by atoms with Crippen molar-refractivity contribution in [2.45, 2.75) is 25.3 Å². The van der Waals surface area contributed by atoms with Crippen molar-refractivity contribution in [3.8, 4) is 0 Å². The normalized spacial score (nSPS) is 36.1. The van der Waals surface area contributed by atoms with Gasteiger partial charge in [-0.25, -0.2) is 9.89 Å². The van der Waals surface area contributed by atoms with E-state index in [4.69, 9.17) is 0 Å². The lowest BCUT2D eigenvalue weighted by Crippen LogP contribution is -2.19. The third-order valence-electron chi connectivity index (χ3n) is 3.56. The molecule has 1 aliphatic carbocycles. The van der Waals surface area contributed by atoms with E-state index in [0.717, 1.165) is 18.3 Å². The average molecular weight is 194 g/mol. The first kappa shape index (κ1) is 8.23. The van der Waals surface area contributed by atoms with Crippen LogP contribution in [0.15, 0.2) is 4.79 Å². The van der Waals surface area contributed by atoms with Crippen LogP contribution in [-0.2, 0) is 0 Å². The Balaban J connectivity index is 1.89. The first-order chi connectivity index (χ1) is 6.84. The summed E-state index contributed by atoms with van der Waals surface area (Å²) in [6.45, 7) is 1.07. The minimum atomic E-state index is -0.205. The second kappa shape index (κ2) is 2.95. The van der Waals surface area contributed by atoms with Crippen LogP contribution in [0, 0.1) is 11.8 Å². The molecule has 1 saturated heterocycles. The summed E-state index contributed by atoms with van der Waals surface area (Å²) in [5.74, 6) is 2.25. The molecule has 1 aliphatic heterocycles. The molecule has 2 aliphatic rings. The highest BCUT2D eigenvalue weighted by Crippen LogP contribution is 2.43. The van der Waals surface area contributed by atoms with Crippen LogP contribution >= 0.6 is 0 Å². The van der Waals surface area contributed by atoms with Gasteiger partial charge >= 0.3 is 5.69 Å². The molecule has 5 heteroatoms. The number of rotatable bonds is 1. The third kappa shape index (κ3) is 1.12. The Kier molecular flexibility index (Phi) is 1.73. The lowest BCUT2D eigenvalue weighted by atomic mass is 9.94. The molecule has 76 valence electrons. The zero-order chi connectivity index (χ0) is 9.54. The first-order valence-electron chi connectivity index (χ1n) is 5.22. The molecule has 3 unspecified atom stereocenters. The zero-order valence-corrected chi connectivity index (χ0v) is 7.92. The zero-order valence-electron chi connectivity index (χ0n) is 7.92. The molecule has 1 aromatic heterocycles. The SMILES string of the molecule is O=c1[nH]nc(C2NCC3CCCC32)[nH]1. The van der Waals surface area contributed by atoms with Crippen LogP contribution in [0.25, 0.3) is 0 Å². The molecule has 3 atom stereocenters. The Labute approximate surface area is 81.3 Å². The molecule has 0 amide bonds. The van der Waals surface area contributed by atoms with Crippen molar-refractivity contribution < 1.29 is 0 Å². The molecule has 5 nitrogen and oxygen atoms in total. The van der Waals surface area contributed by atoms with Gasteiger partial charge in [-0.2, -0.15) is 5.10 Å². The van der Waals surface area contributed by atoms with E-state index in [0.29, 0.717) is 5.92 Å². The van der Waals surface area contributed by atoms with Gasteiger partial charge in [-0.05, 0) is 31.2 Å². The number of fused-ring (bicyclic) bond motifs is 1. The molecule has 0 radical (unpaired) electrons. The highest BCUT2D eigenvalue weighted by Gasteiger charge is 2.40. The fourth-order valence-corrected chi connectivity index (χ4v) is 2.92. The van der Waals surface area contributed by atoms with Crippen molar-refractivity contribution in [3.05, 3.63) is 16.3 Å². The van der Waals surface area contributed by atoms with Gasteiger partial charge < -0.3 is 5.32 Å². The topological polar surface area (TPSA) is 73.6 Å². The number of nitrogens with zero attached hydrogens (tertiary/aromatic N) is 1. The summed E-state index contributed by atoms with van der Waals surface area (Å²) in [5.41, 5.74) is -0.205. The van der Waals surface area contributed by atoms with E-state index in [1.807, 2.05) is 0 Å². The molecule has 1 aromatic rings. The molecule has 0 aromatic carbocycles. The summed E-state index contributed by atoms with van der Waals surface area (Å²) in [5, 5.41) is 9.86. The quantitative estimate of drug-likeness (QED) is 0.596. The van der Waals surface area contributed by atoms with Crippen LogP contribution in [0.4, 0.5) is 0 Å². The molecule has 2 fully saturated rings. The van der Waals surface area contributed by atoms with Gasteiger partial charge in [-0.1, -0.05) is 6.42 Å². The largest absolute Gasteiger partial charge is 0.340 e. The van der Waals surface area contributed by atoms with Crippen molar-refractivity contribution in [1.82, 2.24) is 20.5 Å². The van der Waals surface area contributed by atoms with Gasteiger partial charge in [0.05, 0.1) is 6.04 Å². The van der Waals surface area contributed by atoms with Crippen molar-refractivity contribution in [3.63, 3.8) is 0 Å². The summed E-state index contributed by atoms with van der Waals surface area (Å²) in [6.07, 6.45) is 3.90. The van der Waals surface area contributed by atoms with Gasteiger partial charge in [-0.3, -0.25) is 4.98 Å². The van der Waals surface area contributed by atoms with Crippen molar-refractivity contribution in [1.29, 1.82) is 0 Å². The van der Waals surface area contributed by atoms with Crippen LogP contribution in [0.3, 0.4) is 0 Å². The van der Waals surface area contributed by atoms with Crippen LogP contribution in [0.5, 0.6) is 0 Å². The van der Waals surface area contributed by atoms with Crippen LogP contribution < -0.4 is 11.0 Å². The Hall–Kier alpha value is -1.10. The van der Waals surface area contributed by atoms with Crippen LogP contribution in [0.1, 0.15) is 31.1 Å². The fourth-order valence-electron chi connectivity index (χ4n) is 2.92. The molecule has 14 heavy (non-hydrogen) atoms.